The van der Waals surface area contributed by atoms with Crippen LogP contribution >= 0.6 is 0 Å². The summed E-state index contributed by atoms with van der Waals surface area (Å²) in [7, 11) is 4.00. The summed E-state index contributed by atoms with van der Waals surface area (Å²) in [5, 5.41) is 6.79. The summed E-state index contributed by atoms with van der Waals surface area (Å²) < 4.78 is 0. The number of fused-ring (bicyclic) bond motifs is 1. The monoisotopic (exact) mass is 386 g/mol. The second kappa shape index (κ2) is 7.17. The van der Waals surface area contributed by atoms with Crippen LogP contribution in [0.5, 0.6) is 0 Å². The molecule has 2 fully saturated rings. The molecular weight excluding hydrogens is 352 g/mol. The summed E-state index contributed by atoms with van der Waals surface area (Å²) in [6.45, 7) is 7.68. The van der Waals surface area contributed by atoms with Crippen LogP contribution in [0.15, 0.2) is 0 Å². The molecule has 0 aromatic carbocycles. The second-order valence-corrected chi connectivity index (χ2v) is 9.64. The number of hydrogen-bond donors (Lipinski definition) is 2. The van der Waals surface area contributed by atoms with Crippen molar-refractivity contribution in [1.82, 2.24) is 20.6 Å². The van der Waals surface area contributed by atoms with Gasteiger partial charge in [-0.15, -0.1) is 0 Å². The number of carbonyl (C=O) groups excluding carboxylic acids is 1. The third-order valence-corrected chi connectivity index (χ3v) is 6.53. The zero-order valence-corrected chi connectivity index (χ0v) is 17.8. The van der Waals surface area contributed by atoms with Crippen LogP contribution in [0.4, 0.5) is 11.8 Å². The van der Waals surface area contributed by atoms with Crippen molar-refractivity contribution >= 4 is 17.7 Å². The van der Waals surface area contributed by atoms with E-state index >= 15 is 0 Å². The van der Waals surface area contributed by atoms with Gasteiger partial charge in [-0.05, 0) is 43.9 Å². The first-order valence-corrected chi connectivity index (χ1v) is 10.7. The highest BCUT2D eigenvalue weighted by Crippen LogP contribution is 2.34. The number of nitrogens with zero attached hydrogens (tertiary/aromatic N) is 4. The van der Waals surface area contributed by atoms with Gasteiger partial charge in [-0.25, -0.2) is 4.98 Å². The van der Waals surface area contributed by atoms with E-state index in [1.54, 1.807) is 0 Å². The van der Waals surface area contributed by atoms with Gasteiger partial charge >= 0.3 is 0 Å². The minimum absolute atomic E-state index is 0.0859. The lowest BCUT2D eigenvalue weighted by Gasteiger charge is -2.42. The van der Waals surface area contributed by atoms with E-state index in [0.717, 1.165) is 63.6 Å². The number of carbonyl (C=O) groups is 1. The Morgan fingerprint density at radius 1 is 1.04 bits per heavy atom. The van der Waals surface area contributed by atoms with Crippen LogP contribution in [0.2, 0.25) is 0 Å². The zero-order valence-electron chi connectivity index (χ0n) is 17.8. The van der Waals surface area contributed by atoms with Gasteiger partial charge in [0.05, 0.1) is 5.69 Å². The van der Waals surface area contributed by atoms with Crippen molar-refractivity contribution in [2.45, 2.75) is 57.9 Å². The minimum Gasteiger partial charge on any atom is -0.356 e. The van der Waals surface area contributed by atoms with Gasteiger partial charge in [0.1, 0.15) is 11.4 Å². The fraction of sp³-hybridized carbons (Fsp3) is 0.762. The molecule has 154 valence electrons. The molecule has 2 saturated heterocycles. The van der Waals surface area contributed by atoms with E-state index in [9.17, 15) is 4.79 Å². The molecule has 0 unspecified atom stereocenters. The Hall–Kier alpha value is -1.89. The number of rotatable bonds is 2. The summed E-state index contributed by atoms with van der Waals surface area (Å²) in [5.41, 5.74) is 2.18. The molecule has 0 saturated carbocycles. The molecule has 2 aliphatic heterocycles. The van der Waals surface area contributed by atoms with E-state index < -0.39 is 5.54 Å². The summed E-state index contributed by atoms with van der Waals surface area (Å²) in [5.74, 6) is 2.05. The van der Waals surface area contributed by atoms with E-state index in [1.165, 1.54) is 24.1 Å². The van der Waals surface area contributed by atoms with Gasteiger partial charge in [-0.1, -0.05) is 13.8 Å². The standard InChI is InChI=1S/C21H34N6O/c1-20(2)13-22-18(28)21(23-14-20)9-11-27(12-10-21)17-15-7-5-6-8-16(15)24-19(25-17)26(3)4/h23H,5-14H2,1-4H3,(H,22,28). The molecule has 28 heavy (non-hydrogen) atoms. The Morgan fingerprint density at radius 3 is 2.46 bits per heavy atom. The van der Waals surface area contributed by atoms with E-state index in [0.29, 0.717) is 0 Å². The highest BCUT2D eigenvalue weighted by molar-refractivity contribution is 5.87. The van der Waals surface area contributed by atoms with Crippen LogP contribution in [-0.4, -0.2) is 61.7 Å². The molecule has 3 heterocycles. The van der Waals surface area contributed by atoms with Crippen molar-refractivity contribution < 1.29 is 4.79 Å². The zero-order chi connectivity index (χ0) is 19.9. The molecule has 7 heteroatoms. The summed E-state index contributed by atoms with van der Waals surface area (Å²) in [6.07, 6.45) is 6.15. The van der Waals surface area contributed by atoms with E-state index in [2.05, 4.69) is 29.4 Å². The van der Waals surface area contributed by atoms with Crippen molar-refractivity contribution in [3.8, 4) is 0 Å². The van der Waals surface area contributed by atoms with Crippen molar-refractivity contribution in [3.05, 3.63) is 11.3 Å². The maximum atomic E-state index is 12.9. The van der Waals surface area contributed by atoms with Crippen molar-refractivity contribution in [3.63, 3.8) is 0 Å². The van der Waals surface area contributed by atoms with Gasteiger partial charge in [0.15, 0.2) is 0 Å². The topological polar surface area (TPSA) is 73.4 Å². The molecule has 0 bridgehead atoms. The highest BCUT2D eigenvalue weighted by Gasteiger charge is 2.44. The first-order chi connectivity index (χ1) is 13.3. The average molecular weight is 387 g/mol. The summed E-state index contributed by atoms with van der Waals surface area (Å²) >= 11 is 0. The minimum atomic E-state index is -0.443. The molecule has 1 spiro atoms. The van der Waals surface area contributed by atoms with Gasteiger partial charge in [0.25, 0.3) is 0 Å². The first kappa shape index (κ1) is 19.4. The van der Waals surface area contributed by atoms with Crippen LogP contribution in [-0.2, 0) is 17.6 Å². The lowest BCUT2D eigenvalue weighted by Crippen LogP contribution is -2.60. The number of nitrogens with one attached hydrogen (secondary N) is 2. The summed E-state index contributed by atoms with van der Waals surface area (Å²) in [6, 6.07) is 0. The molecule has 2 N–H and O–H groups in total. The molecule has 1 amide bonds. The Kier molecular flexibility index (Phi) is 4.98. The maximum Gasteiger partial charge on any atom is 0.240 e. The fourth-order valence-corrected chi connectivity index (χ4v) is 4.57. The van der Waals surface area contributed by atoms with Crippen LogP contribution in [0.25, 0.3) is 0 Å². The number of aromatic nitrogens is 2. The van der Waals surface area contributed by atoms with Gasteiger partial charge < -0.3 is 20.4 Å². The molecule has 1 aromatic heterocycles. The lowest BCUT2D eigenvalue weighted by molar-refractivity contribution is -0.127. The van der Waals surface area contributed by atoms with Crippen LogP contribution in [0.1, 0.15) is 50.8 Å². The third-order valence-electron chi connectivity index (χ3n) is 6.53. The largest absolute Gasteiger partial charge is 0.356 e. The van der Waals surface area contributed by atoms with Gasteiger partial charge in [-0.3, -0.25) is 4.79 Å². The average Bonchev–Trinajstić information content (AvgIpc) is 2.80. The Bertz CT molecular complexity index is 752. The number of aryl methyl sites for hydroxylation is 1. The van der Waals surface area contributed by atoms with Crippen molar-refractivity contribution in [1.29, 1.82) is 0 Å². The summed E-state index contributed by atoms with van der Waals surface area (Å²) in [4.78, 5) is 27.0. The SMILES string of the molecule is CN(C)c1nc2c(c(N3CCC4(CC3)NCC(C)(C)CNC4=O)n1)CCCC2. The van der Waals surface area contributed by atoms with E-state index in [4.69, 9.17) is 9.97 Å². The van der Waals surface area contributed by atoms with Gasteiger partial charge in [-0.2, -0.15) is 4.98 Å². The quantitative estimate of drug-likeness (QED) is 0.803. The number of piperidine rings is 1. The number of anilines is 2. The maximum absolute atomic E-state index is 12.9. The molecule has 3 aliphatic rings. The molecule has 0 radical (unpaired) electrons. The predicted octanol–water partition coefficient (Wildman–Crippen LogP) is 1.51. The number of hydrogen-bond acceptors (Lipinski definition) is 6. The Labute approximate surface area is 168 Å². The van der Waals surface area contributed by atoms with Crippen LogP contribution in [0, 0.1) is 5.41 Å². The number of amides is 1. The smallest absolute Gasteiger partial charge is 0.240 e. The van der Waals surface area contributed by atoms with Crippen molar-refractivity contribution in [2.24, 2.45) is 5.41 Å². The molecule has 1 aliphatic carbocycles. The van der Waals surface area contributed by atoms with Crippen molar-refractivity contribution in [2.75, 3.05) is 50.1 Å². The molecule has 1 aromatic rings. The molecule has 4 rings (SSSR count). The Morgan fingerprint density at radius 2 is 1.75 bits per heavy atom. The van der Waals surface area contributed by atoms with E-state index in [1.807, 2.05) is 19.0 Å². The predicted molar refractivity (Wildman–Crippen MR) is 112 cm³/mol. The lowest BCUT2D eigenvalue weighted by atomic mass is 9.85. The van der Waals surface area contributed by atoms with E-state index in [-0.39, 0.29) is 11.3 Å². The molecular formula is C21H34N6O. The third kappa shape index (κ3) is 3.56. The van der Waals surface area contributed by atoms with Gasteiger partial charge in [0.2, 0.25) is 11.9 Å². The van der Waals surface area contributed by atoms with Crippen LogP contribution in [0.3, 0.4) is 0 Å². The highest BCUT2D eigenvalue weighted by atomic mass is 16.2. The first-order valence-electron chi connectivity index (χ1n) is 10.7. The second-order valence-electron chi connectivity index (χ2n) is 9.64. The fourth-order valence-electron chi connectivity index (χ4n) is 4.57. The molecule has 7 nitrogen and oxygen atoms in total. The van der Waals surface area contributed by atoms with Gasteiger partial charge in [0, 0.05) is 45.8 Å². The normalized spacial score (nSPS) is 23.7. The Balaban J connectivity index is 1.57. The molecule has 0 atom stereocenters. The van der Waals surface area contributed by atoms with Crippen LogP contribution < -0.4 is 20.4 Å².